The van der Waals surface area contributed by atoms with Crippen LogP contribution in [0.25, 0.3) is 0 Å². The molecule has 0 saturated carbocycles. The van der Waals surface area contributed by atoms with E-state index in [0.29, 0.717) is 0 Å². The van der Waals surface area contributed by atoms with Crippen molar-refractivity contribution in [2.24, 2.45) is 4.99 Å². The Balaban J connectivity index is 0.00000288. The number of hydrogen-bond acceptors (Lipinski definition) is 3. The summed E-state index contributed by atoms with van der Waals surface area (Å²) < 4.78 is 1.74. The molecule has 0 aromatic carbocycles. The first-order chi connectivity index (χ1) is 11.2. The van der Waals surface area contributed by atoms with Crippen molar-refractivity contribution in [3.05, 3.63) is 56.6 Å². The van der Waals surface area contributed by atoms with E-state index in [4.69, 9.17) is 0 Å². The van der Waals surface area contributed by atoms with E-state index in [-0.39, 0.29) is 29.5 Å². The second-order valence-corrected chi connectivity index (χ2v) is 6.32. The van der Waals surface area contributed by atoms with Crippen LogP contribution in [-0.4, -0.2) is 24.1 Å². The number of hydrogen-bond donors (Lipinski definition) is 2. The fourth-order valence-electron chi connectivity index (χ4n) is 2.23. The van der Waals surface area contributed by atoms with Crippen molar-refractivity contribution >= 4 is 41.3 Å². The van der Waals surface area contributed by atoms with Gasteiger partial charge in [-0.15, -0.1) is 35.3 Å². The van der Waals surface area contributed by atoms with Gasteiger partial charge in [0.15, 0.2) is 5.96 Å². The maximum absolute atomic E-state index is 11.6. The molecule has 24 heavy (non-hydrogen) atoms. The Morgan fingerprint density at radius 3 is 2.75 bits per heavy atom. The van der Waals surface area contributed by atoms with Gasteiger partial charge in [-0.05, 0) is 42.8 Å². The average Bonchev–Trinajstić information content (AvgIpc) is 2.97. The number of rotatable bonds is 7. The number of unbranched alkanes of at least 4 members (excludes halogenated alkanes) is 1. The molecule has 0 saturated heterocycles. The molecule has 2 N–H and O–H groups in total. The summed E-state index contributed by atoms with van der Waals surface area (Å²) in [7, 11) is 1.78. The Hall–Kier alpha value is -1.35. The summed E-state index contributed by atoms with van der Waals surface area (Å²) in [5.74, 6) is 0.815. The highest BCUT2D eigenvalue weighted by molar-refractivity contribution is 14.0. The lowest BCUT2D eigenvalue weighted by Crippen LogP contribution is -2.37. The zero-order chi connectivity index (χ0) is 16.5. The molecule has 0 aliphatic carbocycles. The monoisotopic (exact) mass is 460 g/mol. The van der Waals surface area contributed by atoms with Gasteiger partial charge in [0.05, 0.1) is 6.54 Å². The predicted octanol–water partition coefficient (Wildman–Crippen LogP) is 2.98. The van der Waals surface area contributed by atoms with E-state index in [0.717, 1.165) is 38.4 Å². The first kappa shape index (κ1) is 20.7. The van der Waals surface area contributed by atoms with Crippen LogP contribution in [0.1, 0.15) is 23.3 Å². The van der Waals surface area contributed by atoms with Crippen molar-refractivity contribution in [1.29, 1.82) is 0 Å². The number of halogens is 1. The summed E-state index contributed by atoms with van der Waals surface area (Å²) in [4.78, 5) is 17.1. The van der Waals surface area contributed by atoms with Crippen molar-refractivity contribution in [1.82, 2.24) is 15.2 Å². The van der Waals surface area contributed by atoms with Crippen LogP contribution in [0.5, 0.6) is 0 Å². The second-order valence-electron chi connectivity index (χ2n) is 5.32. The molecular weight excluding hydrogens is 435 g/mol. The number of nitrogens with zero attached hydrogens (tertiary/aromatic N) is 2. The molecule has 2 heterocycles. The summed E-state index contributed by atoms with van der Waals surface area (Å²) >= 11 is 1.76. The molecule has 0 unspecified atom stereocenters. The van der Waals surface area contributed by atoms with E-state index in [9.17, 15) is 4.79 Å². The molecule has 0 spiro atoms. The van der Waals surface area contributed by atoms with E-state index in [1.54, 1.807) is 35.1 Å². The summed E-state index contributed by atoms with van der Waals surface area (Å²) in [5.41, 5.74) is 1.37. The molecule has 2 aromatic rings. The van der Waals surface area contributed by atoms with E-state index in [2.05, 4.69) is 34.0 Å². The smallest absolute Gasteiger partial charge is 0.250 e. The third-order valence-corrected chi connectivity index (χ3v) is 4.65. The molecule has 2 rings (SSSR count). The number of aromatic nitrogens is 1. The van der Waals surface area contributed by atoms with Crippen molar-refractivity contribution < 1.29 is 0 Å². The van der Waals surface area contributed by atoms with Gasteiger partial charge >= 0.3 is 0 Å². The molecule has 5 nitrogen and oxygen atoms in total. The minimum atomic E-state index is 0. The number of thiophene rings is 1. The van der Waals surface area contributed by atoms with Crippen molar-refractivity contribution in [2.45, 2.75) is 32.9 Å². The Labute approximate surface area is 164 Å². The normalized spacial score (nSPS) is 11.0. The van der Waals surface area contributed by atoms with Gasteiger partial charge in [0, 0.05) is 37.3 Å². The minimum Gasteiger partial charge on any atom is -0.356 e. The van der Waals surface area contributed by atoms with Gasteiger partial charge in [-0.25, -0.2) is 0 Å². The highest BCUT2D eigenvalue weighted by Gasteiger charge is 2.02. The van der Waals surface area contributed by atoms with Gasteiger partial charge < -0.3 is 15.2 Å². The zero-order valence-corrected chi connectivity index (χ0v) is 17.3. The van der Waals surface area contributed by atoms with E-state index in [1.807, 2.05) is 12.3 Å². The van der Waals surface area contributed by atoms with E-state index in [1.165, 1.54) is 10.4 Å². The fraction of sp³-hybridized carbons (Fsp3) is 0.412. The highest BCUT2D eigenvalue weighted by atomic mass is 127. The molecule has 0 bridgehead atoms. The largest absolute Gasteiger partial charge is 0.356 e. The second kappa shape index (κ2) is 11.2. The number of aliphatic imine (C=N–C) groups is 1. The average molecular weight is 460 g/mol. The number of pyridine rings is 1. The molecule has 7 heteroatoms. The summed E-state index contributed by atoms with van der Waals surface area (Å²) in [5, 5.41) is 8.74. The molecule has 0 radical (unpaired) electrons. The highest BCUT2D eigenvalue weighted by Crippen LogP contribution is 2.14. The topological polar surface area (TPSA) is 58.4 Å². The molecule has 0 fully saturated rings. The van der Waals surface area contributed by atoms with Crippen molar-refractivity contribution in [3.63, 3.8) is 0 Å². The molecular formula is C17H25IN4OS. The standard InChI is InChI=1S/C17H24N4OS.HI/c1-14-8-12-23-15(14)13-20-17(18-2)19-9-4-6-11-21-10-5-3-7-16(21)22;/h3,5,7-8,10,12H,4,6,9,11,13H2,1-2H3,(H2,18,19,20);1H. The fourth-order valence-corrected chi connectivity index (χ4v) is 3.07. The third-order valence-electron chi connectivity index (χ3n) is 3.63. The van der Waals surface area contributed by atoms with Crippen molar-refractivity contribution in [2.75, 3.05) is 13.6 Å². The summed E-state index contributed by atoms with van der Waals surface area (Å²) in [6.07, 6.45) is 3.78. The van der Waals surface area contributed by atoms with Crippen LogP contribution in [0, 0.1) is 6.92 Å². The first-order valence-corrected chi connectivity index (χ1v) is 8.71. The van der Waals surface area contributed by atoms with Crippen LogP contribution in [0.15, 0.2) is 45.6 Å². The maximum Gasteiger partial charge on any atom is 0.250 e. The lowest BCUT2D eigenvalue weighted by atomic mass is 10.3. The van der Waals surface area contributed by atoms with Gasteiger partial charge in [0.2, 0.25) is 5.56 Å². The SMILES string of the molecule is CN=C(NCCCCn1ccccc1=O)NCc1sccc1C.I. The molecule has 2 aromatic heterocycles. The quantitative estimate of drug-likeness (QED) is 0.289. The Morgan fingerprint density at radius 2 is 2.08 bits per heavy atom. The van der Waals surface area contributed by atoms with Crippen LogP contribution in [0.2, 0.25) is 0 Å². The number of nitrogens with one attached hydrogen (secondary N) is 2. The minimum absolute atomic E-state index is 0. The van der Waals surface area contributed by atoms with Gasteiger partial charge in [-0.3, -0.25) is 9.79 Å². The van der Waals surface area contributed by atoms with Gasteiger partial charge in [0.25, 0.3) is 0 Å². The van der Waals surface area contributed by atoms with E-state index < -0.39 is 0 Å². The Kier molecular flexibility index (Phi) is 9.70. The van der Waals surface area contributed by atoms with E-state index >= 15 is 0 Å². The van der Waals surface area contributed by atoms with Crippen LogP contribution in [0.4, 0.5) is 0 Å². The molecule has 132 valence electrons. The van der Waals surface area contributed by atoms with Gasteiger partial charge in [0.1, 0.15) is 0 Å². The molecule has 0 atom stereocenters. The zero-order valence-electron chi connectivity index (χ0n) is 14.1. The molecule has 0 aliphatic heterocycles. The van der Waals surface area contributed by atoms with Crippen molar-refractivity contribution in [3.8, 4) is 0 Å². The first-order valence-electron chi connectivity index (χ1n) is 7.83. The molecule has 0 amide bonds. The van der Waals surface area contributed by atoms with Crippen LogP contribution < -0.4 is 16.2 Å². The van der Waals surface area contributed by atoms with Crippen LogP contribution >= 0.6 is 35.3 Å². The summed E-state index contributed by atoms with van der Waals surface area (Å²) in [6.45, 7) is 4.50. The maximum atomic E-state index is 11.6. The number of guanidine groups is 1. The number of aryl methyl sites for hydroxylation is 2. The lowest BCUT2D eigenvalue weighted by Gasteiger charge is -2.12. The van der Waals surface area contributed by atoms with Crippen LogP contribution in [-0.2, 0) is 13.1 Å². The Morgan fingerprint density at radius 1 is 1.25 bits per heavy atom. The van der Waals surface area contributed by atoms with Gasteiger partial charge in [-0.2, -0.15) is 0 Å². The third kappa shape index (κ3) is 6.64. The van der Waals surface area contributed by atoms with Crippen LogP contribution in [0.3, 0.4) is 0 Å². The van der Waals surface area contributed by atoms with Gasteiger partial charge in [-0.1, -0.05) is 6.07 Å². The summed E-state index contributed by atoms with van der Waals surface area (Å²) in [6, 6.07) is 7.38. The predicted molar refractivity (Wildman–Crippen MR) is 113 cm³/mol. The lowest BCUT2D eigenvalue weighted by molar-refractivity contribution is 0.585. The Bertz CT molecular complexity index is 696. The molecule has 0 aliphatic rings.